The number of nitrogens with zero attached hydrogens (tertiary/aromatic N) is 1. The van der Waals surface area contributed by atoms with Crippen LogP contribution < -0.4 is 11.3 Å². The van der Waals surface area contributed by atoms with Gasteiger partial charge in [0.15, 0.2) is 11.6 Å². The summed E-state index contributed by atoms with van der Waals surface area (Å²) < 4.78 is 32.3. The topological polar surface area (TPSA) is 87.8 Å². The second kappa shape index (κ2) is 6.12. The standard InChI is InChI=1S/C12H15F2N3O3/c13-9-3-7(4-10(14)11(9)16-15)12(19)17-1-2-20-8(5-17)6-18/h3-4,8,16,18H,1-2,5-6,15H2. The van der Waals surface area contributed by atoms with E-state index in [4.69, 9.17) is 15.7 Å². The molecule has 8 heteroatoms. The number of hydrazine groups is 1. The molecule has 0 aromatic heterocycles. The highest BCUT2D eigenvalue weighted by Gasteiger charge is 2.25. The van der Waals surface area contributed by atoms with Crippen molar-refractivity contribution in [2.45, 2.75) is 6.10 Å². The Morgan fingerprint density at radius 3 is 2.70 bits per heavy atom. The van der Waals surface area contributed by atoms with E-state index in [1.807, 2.05) is 5.43 Å². The lowest BCUT2D eigenvalue weighted by Gasteiger charge is -2.32. The Kier molecular flexibility index (Phi) is 4.48. The monoisotopic (exact) mass is 287 g/mol. The van der Waals surface area contributed by atoms with E-state index in [1.54, 1.807) is 0 Å². The molecule has 0 radical (unpaired) electrons. The highest BCUT2D eigenvalue weighted by atomic mass is 19.1. The number of hydrogen-bond donors (Lipinski definition) is 3. The van der Waals surface area contributed by atoms with Gasteiger partial charge in [0.2, 0.25) is 0 Å². The van der Waals surface area contributed by atoms with Crippen molar-refractivity contribution in [3.05, 3.63) is 29.3 Å². The molecule has 2 rings (SSSR count). The molecule has 1 aromatic carbocycles. The fourth-order valence-corrected chi connectivity index (χ4v) is 2.03. The molecule has 1 heterocycles. The van der Waals surface area contributed by atoms with E-state index in [0.29, 0.717) is 6.54 Å². The predicted molar refractivity (Wildman–Crippen MR) is 66.9 cm³/mol. The number of morpholine rings is 1. The van der Waals surface area contributed by atoms with Crippen LogP contribution in [-0.2, 0) is 4.74 Å². The first kappa shape index (κ1) is 14.6. The highest BCUT2D eigenvalue weighted by Crippen LogP contribution is 2.21. The number of aliphatic hydroxyl groups excluding tert-OH is 1. The summed E-state index contributed by atoms with van der Waals surface area (Å²) in [5, 5.41) is 9.01. The van der Waals surface area contributed by atoms with Crippen LogP contribution in [0.2, 0.25) is 0 Å². The quantitative estimate of drug-likeness (QED) is 0.541. The lowest BCUT2D eigenvalue weighted by atomic mass is 10.1. The maximum atomic E-state index is 13.6. The number of anilines is 1. The second-order valence-electron chi connectivity index (χ2n) is 4.39. The van der Waals surface area contributed by atoms with Gasteiger partial charge in [0.1, 0.15) is 5.69 Å². The molecule has 1 aliphatic heterocycles. The molecule has 6 nitrogen and oxygen atoms in total. The molecule has 1 aliphatic rings. The number of benzene rings is 1. The third-order valence-corrected chi connectivity index (χ3v) is 3.06. The van der Waals surface area contributed by atoms with Gasteiger partial charge in [-0.05, 0) is 12.1 Å². The number of carbonyl (C=O) groups excluding carboxylic acids is 1. The normalized spacial score (nSPS) is 19.0. The van der Waals surface area contributed by atoms with Crippen LogP contribution in [0.15, 0.2) is 12.1 Å². The number of rotatable bonds is 3. The molecule has 1 saturated heterocycles. The first-order chi connectivity index (χ1) is 9.56. The third kappa shape index (κ3) is 2.87. The summed E-state index contributed by atoms with van der Waals surface area (Å²) in [6.45, 7) is 0.526. The Morgan fingerprint density at radius 2 is 2.15 bits per heavy atom. The number of carbonyl (C=O) groups is 1. The maximum Gasteiger partial charge on any atom is 0.254 e. The van der Waals surface area contributed by atoms with E-state index in [1.165, 1.54) is 4.90 Å². The minimum Gasteiger partial charge on any atom is -0.394 e. The number of aliphatic hydroxyl groups is 1. The van der Waals surface area contributed by atoms with Crippen molar-refractivity contribution >= 4 is 11.6 Å². The summed E-state index contributed by atoms with van der Waals surface area (Å²) in [6.07, 6.45) is -0.479. The van der Waals surface area contributed by atoms with E-state index in [-0.39, 0.29) is 25.3 Å². The predicted octanol–water partition coefficient (Wildman–Crippen LogP) is 0.0837. The van der Waals surface area contributed by atoms with E-state index >= 15 is 0 Å². The molecule has 1 aromatic rings. The maximum absolute atomic E-state index is 13.6. The molecular formula is C12H15F2N3O3. The number of hydrogen-bond acceptors (Lipinski definition) is 5. The van der Waals surface area contributed by atoms with Crippen LogP contribution >= 0.6 is 0 Å². The molecule has 0 spiro atoms. The van der Waals surface area contributed by atoms with E-state index in [9.17, 15) is 13.6 Å². The largest absolute Gasteiger partial charge is 0.394 e. The van der Waals surface area contributed by atoms with Crippen LogP contribution in [0.4, 0.5) is 14.5 Å². The fourth-order valence-electron chi connectivity index (χ4n) is 2.03. The third-order valence-electron chi connectivity index (χ3n) is 3.06. The van der Waals surface area contributed by atoms with Gasteiger partial charge in [0, 0.05) is 18.7 Å². The molecule has 4 N–H and O–H groups in total. The number of ether oxygens (including phenoxy) is 1. The van der Waals surface area contributed by atoms with Crippen LogP contribution in [0.5, 0.6) is 0 Å². The van der Waals surface area contributed by atoms with Crippen LogP contribution in [0.25, 0.3) is 0 Å². The summed E-state index contributed by atoms with van der Waals surface area (Å²) in [5.74, 6) is 2.58. The SMILES string of the molecule is NNc1c(F)cc(C(=O)N2CCOC(CO)C2)cc1F. The molecule has 110 valence electrons. The molecular weight excluding hydrogens is 272 g/mol. The Morgan fingerprint density at radius 1 is 1.50 bits per heavy atom. The molecule has 0 aliphatic carbocycles. The summed E-state index contributed by atoms with van der Waals surface area (Å²) in [5.41, 5.74) is 1.29. The van der Waals surface area contributed by atoms with Gasteiger partial charge < -0.3 is 20.2 Å². The second-order valence-corrected chi connectivity index (χ2v) is 4.39. The van der Waals surface area contributed by atoms with E-state index < -0.39 is 29.3 Å². The Balaban J connectivity index is 2.21. The Hall–Kier alpha value is -1.77. The van der Waals surface area contributed by atoms with Crippen molar-refractivity contribution in [2.75, 3.05) is 31.7 Å². The molecule has 1 atom stereocenters. The van der Waals surface area contributed by atoms with Gasteiger partial charge in [-0.15, -0.1) is 0 Å². The first-order valence-electron chi connectivity index (χ1n) is 6.04. The van der Waals surface area contributed by atoms with Crippen LogP contribution in [0, 0.1) is 11.6 Å². The fraction of sp³-hybridized carbons (Fsp3) is 0.417. The minimum atomic E-state index is -0.942. The average molecular weight is 287 g/mol. The average Bonchev–Trinajstić information content (AvgIpc) is 2.46. The number of nitrogens with one attached hydrogen (secondary N) is 1. The summed E-state index contributed by atoms with van der Waals surface area (Å²) >= 11 is 0. The van der Waals surface area contributed by atoms with Gasteiger partial charge in [-0.1, -0.05) is 0 Å². The summed E-state index contributed by atoms with van der Waals surface area (Å²) in [7, 11) is 0. The zero-order chi connectivity index (χ0) is 14.7. The van der Waals surface area contributed by atoms with Crippen molar-refractivity contribution in [3.8, 4) is 0 Å². The Bertz CT molecular complexity index is 490. The first-order valence-corrected chi connectivity index (χ1v) is 6.04. The summed E-state index contributed by atoms with van der Waals surface area (Å²) in [4.78, 5) is 13.6. The number of amides is 1. The van der Waals surface area contributed by atoms with Gasteiger partial charge in [0.05, 0.1) is 19.3 Å². The smallest absolute Gasteiger partial charge is 0.254 e. The zero-order valence-electron chi connectivity index (χ0n) is 10.6. The van der Waals surface area contributed by atoms with E-state index in [2.05, 4.69) is 0 Å². The van der Waals surface area contributed by atoms with Crippen LogP contribution in [-0.4, -0.2) is 48.3 Å². The lowest BCUT2D eigenvalue weighted by Crippen LogP contribution is -2.46. The van der Waals surface area contributed by atoms with Crippen molar-refractivity contribution in [1.29, 1.82) is 0 Å². The molecule has 1 fully saturated rings. The minimum absolute atomic E-state index is 0.113. The molecule has 0 bridgehead atoms. The van der Waals surface area contributed by atoms with Gasteiger partial charge >= 0.3 is 0 Å². The zero-order valence-corrected chi connectivity index (χ0v) is 10.6. The molecule has 0 saturated carbocycles. The van der Waals surface area contributed by atoms with Crippen molar-refractivity contribution in [3.63, 3.8) is 0 Å². The van der Waals surface area contributed by atoms with Crippen molar-refractivity contribution in [1.82, 2.24) is 4.90 Å². The summed E-state index contributed by atoms with van der Waals surface area (Å²) in [6, 6.07) is 1.84. The van der Waals surface area contributed by atoms with Crippen LogP contribution in [0.1, 0.15) is 10.4 Å². The van der Waals surface area contributed by atoms with Crippen molar-refractivity contribution in [2.24, 2.45) is 5.84 Å². The number of nitrogens with two attached hydrogens (primary N) is 1. The molecule has 1 amide bonds. The van der Waals surface area contributed by atoms with Crippen LogP contribution in [0.3, 0.4) is 0 Å². The van der Waals surface area contributed by atoms with Gasteiger partial charge in [0.25, 0.3) is 5.91 Å². The van der Waals surface area contributed by atoms with Gasteiger partial charge in [-0.2, -0.15) is 0 Å². The number of nitrogen functional groups attached to an aromatic ring is 1. The molecule has 20 heavy (non-hydrogen) atoms. The number of halogens is 2. The lowest BCUT2D eigenvalue weighted by molar-refractivity contribution is -0.0447. The van der Waals surface area contributed by atoms with Gasteiger partial charge in [-0.25, -0.2) is 8.78 Å². The molecule has 1 unspecified atom stereocenters. The van der Waals surface area contributed by atoms with Crippen molar-refractivity contribution < 1.29 is 23.4 Å². The van der Waals surface area contributed by atoms with Gasteiger partial charge in [-0.3, -0.25) is 10.6 Å². The Labute approximate surface area is 114 Å². The highest BCUT2D eigenvalue weighted by molar-refractivity contribution is 5.94. The van der Waals surface area contributed by atoms with E-state index in [0.717, 1.165) is 12.1 Å².